The highest BCUT2D eigenvalue weighted by atomic mass is 28.4. The topological polar surface area (TPSA) is 162 Å². The number of benzene rings is 5. The first-order chi connectivity index (χ1) is 34.2. The van der Waals surface area contributed by atoms with Crippen molar-refractivity contribution >= 4 is 20.3 Å². The number of carbonyl (C=O) groups excluding carboxylic acids is 2. The molecule has 5 aromatic rings. The van der Waals surface area contributed by atoms with Gasteiger partial charge >= 0.3 is 6.09 Å². The van der Waals surface area contributed by atoms with Gasteiger partial charge in [0.15, 0.2) is 20.9 Å². The van der Waals surface area contributed by atoms with E-state index in [9.17, 15) is 14.7 Å². The SMILES string of the molecule is CC(=O)N[C@H]1[C@H](O[C@H]2[C@H](OCc3ccccc3)[C@@H](NC(=O)OCc3ccccc3)[C@H](O[Si](C)(C)C(C)(C)C)O[C@@H]2COCc2ccccc2)O[C@H](COCc2ccccc2)[C@@H](O)[C@@H]1OCc1ccccc1. The Labute approximate surface area is 419 Å². The molecular formula is C56H70N2O12Si. The third-order valence-electron chi connectivity index (χ3n) is 13.1. The number of amides is 2. The van der Waals surface area contributed by atoms with Gasteiger partial charge in [-0.25, -0.2) is 4.79 Å². The summed E-state index contributed by atoms with van der Waals surface area (Å²) in [6.45, 7) is 12.6. The highest BCUT2D eigenvalue weighted by Gasteiger charge is 2.55. The zero-order valence-corrected chi connectivity index (χ0v) is 42.6. The van der Waals surface area contributed by atoms with Crippen LogP contribution >= 0.6 is 0 Å². The third kappa shape index (κ3) is 15.6. The zero-order valence-electron chi connectivity index (χ0n) is 41.6. The molecule has 2 aliphatic heterocycles. The maximum atomic E-state index is 14.1. The first kappa shape index (κ1) is 53.5. The van der Waals surface area contributed by atoms with Crippen LogP contribution in [-0.4, -0.2) is 99.9 Å². The van der Waals surface area contributed by atoms with E-state index in [2.05, 4.69) is 44.5 Å². The molecule has 0 unspecified atom stereocenters. The first-order valence-electron chi connectivity index (χ1n) is 24.3. The number of aliphatic hydroxyl groups excluding tert-OH is 1. The maximum absolute atomic E-state index is 14.1. The molecule has 2 saturated heterocycles. The highest BCUT2D eigenvalue weighted by Crippen LogP contribution is 2.40. The Kier molecular flexibility index (Phi) is 19.5. The molecule has 2 amide bonds. The molecule has 7 rings (SSSR count). The zero-order chi connectivity index (χ0) is 50.2. The normalized spacial score (nSPS) is 24.7. The van der Waals surface area contributed by atoms with Crippen LogP contribution in [0.25, 0.3) is 0 Å². The molecule has 5 aromatic carbocycles. The Morgan fingerprint density at radius 2 is 0.958 bits per heavy atom. The van der Waals surface area contributed by atoms with Crippen molar-refractivity contribution in [2.24, 2.45) is 0 Å². The van der Waals surface area contributed by atoms with Crippen molar-refractivity contribution in [2.45, 2.75) is 140 Å². The van der Waals surface area contributed by atoms with Crippen LogP contribution in [0.3, 0.4) is 0 Å². The molecule has 0 radical (unpaired) electrons. The summed E-state index contributed by atoms with van der Waals surface area (Å²) in [5.41, 5.74) is 4.40. The molecular weight excluding hydrogens is 921 g/mol. The van der Waals surface area contributed by atoms with Gasteiger partial charge in [-0.3, -0.25) is 4.79 Å². The van der Waals surface area contributed by atoms with E-state index in [4.69, 9.17) is 42.3 Å². The summed E-state index contributed by atoms with van der Waals surface area (Å²) in [4.78, 5) is 27.3. The minimum Gasteiger partial charge on any atom is -0.445 e. The summed E-state index contributed by atoms with van der Waals surface area (Å²) in [6.07, 6.45) is -9.47. The van der Waals surface area contributed by atoms with Crippen molar-refractivity contribution in [1.82, 2.24) is 10.6 Å². The fourth-order valence-corrected chi connectivity index (χ4v) is 9.34. The minimum atomic E-state index is -2.67. The van der Waals surface area contributed by atoms with Crippen molar-refractivity contribution in [1.29, 1.82) is 0 Å². The summed E-state index contributed by atoms with van der Waals surface area (Å²) >= 11 is 0. The standard InChI is InChI=1S/C56H70N2O12Si/c1-39(59)57-47-51(64-34-42-26-16-9-17-27-42)49(60)45(37-62-32-40-22-12-7-13-23-40)67-53(47)69-50-46(38-63-33-41-24-14-8-15-25-41)68-54(70-71(5,6)56(2,3)4)48(52(50)65-35-43-28-18-10-19-29-43)58-55(61)66-36-44-30-20-11-21-31-44/h7-31,45-54,60H,32-38H2,1-6H3,(H,57,59)(H,58,61)/t45-,46-,47-,48-,49-,50-,51-,52-,53+,54+/m1/s1. The molecule has 2 aliphatic rings. The third-order valence-corrected chi connectivity index (χ3v) is 17.5. The van der Waals surface area contributed by atoms with Crippen LogP contribution in [0, 0.1) is 0 Å². The van der Waals surface area contributed by atoms with Gasteiger partial charge in [-0.05, 0) is 45.9 Å². The van der Waals surface area contributed by atoms with Crippen LogP contribution in [0.5, 0.6) is 0 Å². The van der Waals surface area contributed by atoms with E-state index in [0.717, 1.165) is 27.8 Å². The van der Waals surface area contributed by atoms with E-state index in [1.165, 1.54) is 6.92 Å². The second-order valence-electron chi connectivity index (χ2n) is 19.5. The van der Waals surface area contributed by atoms with Crippen LogP contribution in [0.4, 0.5) is 4.79 Å². The molecule has 15 heteroatoms. The lowest BCUT2D eigenvalue weighted by molar-refractivity contribution is -0.335. The maximum Gasteiger partial charge on any atom is 0.407 e. The van der Waals surface area contributed by atoms with Crippen molar-refractivity contribution in [3.63, 3.8) is 0 Å². The van der Waals surface area contributed by atoms with Gasteiger partial charge in [0, 0.05) is 6.92 Å². The number of alkyl carbamates (subject to hydrolysis) is 1. The van der Waals surface area contributed by atoms with Gasteiger partial charge in [0.2, 0.25) is 5.91 Å². The molecule has 2 fully saturated rings. The van der Waals surface area contributed by atoms with Gasteiger partial charge in [0.1, 0.15) is 55.3 Å². The smallest absolute Gasteiger partial charge is 0.407 e. The fraction of sp³-hybridized carbons (Fsp3) is 0.429. The van der Waals surface area contributed by atoms with E-state index in [0.29, 0.717) is 0 Å². The first-order valence-corrected chi connectivity index (χ1v) is 27.3. The van der Waals surface area contributed by atoms with Crippen LogP contribution in [0.2, 0.25) is 18.1 Å². The second kappa shape index (κ2) is 25.9. The summed E-state index contributed by atoms with van der Waals surface area (Å²) < 4.78 is 60.2. The van der Waals surface area contributed by atoms with Crippen LogP contribution in [0.15, 0.2) is 152 Å². The molecule has 380 valence electrons. The largest absolute Gasteiger partial charge is 0.445 e. The molecule has 0 aromatic heterocycles. The number of nitrogens with one attached hydrogen (secondary N) is 2. The minimum absolute atomic E-state index is 0.00810. The summed E-state index contributed by atoms with van der Waals surface area (Å²) in [5, 5.41) is 18.0. The molecule has 0 saturated carbocycles. The molecule has 0 aliphatic carbocycles. The van der Waals surface area contributed by atoms with E-state index in [-0.39, 0.29) is 51.3 Å². The number of aliphatic hydroxyl groups is 1. The van der Waals surface area contributed by atoms with Gasteiger partial charge in [0.05, 0.1) is 39.6 Å². The molecule has 10 atom stereocenters. The Morgan fingerprint density at radius 3 is 1.42 bits per heavy atom. The van der Waals surface area contributed by atoms with Gasteiger partial charge in [-0.1, -0.05) is 172 Å². The Bertz CT molecular complexity index is 2350. The Morgan fingerprint density at radius 1 is 0.549 bits per heavy atom. The molecule has 2 heterocycles. The predicted molar refractivity (Wildman–Crippen MR) is 270 cm³/mol. The quantitative estimate of drug-likeness (QED) is 0.0568. The average molecular weight is 991 g/mol. The van der Waals surface area contributed by atoms with E-state index >= 15 is 0 Å². The lowest BCUT2D eigenvalue weighted by atomic mass is 9.94. The fourth-order valence-electron chi connectivity index (χ4n) is 8.20. The summed E-state index contributed by atoms with van der Waals surface area (Å²) in [6, 6.07) is 46.0. The monoisotopic (exact) mass is 990 g/mol. The van der Waals surface area contributed by atoms with Crippen molar-refractivity contribution in [2.75, 3.05) is 13.2 Å². The highest BCUT2D eigenvalue weighted by molar-refractivity contribution is 6.74. The number of rotatable bonds is 22. The molecule has 71 heavy (non-hydrogen) atoms. The van der Waals surface area contributed by atoms with Crippen molar-refractivity contribution in [3.8, 4) is 0 Å². The molecule has 3 N–H and O–H groups in total. The summed E-state index contributed by atoms with van der Waals surface area (Å²) in [5.74, 6) is -0.408. The second-order valence-corrected chi connectivity index (χ2v) is 24.3. The van der Waals surface area contributed by atoms with Gasteiger partial charge in [-0.15, -0.1) is 0 Å². The summed E-state index contributed by atoms with van der Waals surface area (Å²) in [7, 11) is -2.67. The molecule has 14 nitrogen and oxygen atoms in total. The lowest BCUT2D eigenvalue weighted by Gasteiger charge is -2.51. The number of ether oxygens (including phenoxy) is 8. The van der Waals surface area contributed by atoms with Gasteiger partial charge < -0.3 is 58.1 Å². The Hall–Kier alpha value is -5.30. The van der Waals surface area contributed by atoms with E-state index in [1.54, 1.807) is 0 Å². The van der Waals surface area contributed by atoms with Gasteiger partial charge in [-0.2, -0.15) is 0 Å². The van der Waals surface area contributed by atoms with Crippen LogP contribution in [0.1, 0.15) is 55.5 Å². The van der Waals surface area contributed by atoms with E-state index < -0.39 is 81.6 Å². The Balaban J connectivity index is 1.29. The van der Waals surface area contributed by atoms with E-state index in [1.807, 2.05) is 152 Å². The number of hydrogen-bond acceptors (Lipinski definition) is 12. The predicted octanol–water partition coefficient (Wildman–Crippen LogP) is 8.61. The number of hydrogen-bond donors (Lipinski definition) is 3. The molecule has 0 spiro atoms. The van der Waals surface area contributed by atoms with Crippen molar-refractivity contribution in [3.05, 3.63) is 179 Å². The lowest BCUT2D eigenvalue weighted by Crippen LogP contribution is -2.70. The van der Waals surface area contributed by atoms with Gasteiger partial charge in [0.25, 0.3) is 0 Å². The number of carbonyl (C=O) groups is 2. The van der Waals surface area contributed by atoms with Crippen LogP contribution < -0.4 is 10.6 Å². The average Bonchev–Trinajstić information content (AvgIpc) is 3.36. The van der Waals surface area contributed by atoms with Crippen LogP contribution in [-0.2, 0) is 80.1 Å². The van der Waals surface area contributed by atoms with Crippen molar-refractivity contribution < 1.29 is 57.0 Å². The molecule has 0 bridgehead atoms.